The topological polar surface area (TPSA) is 72.2 Å². The molecule has 1 aromatic carbocycles. The van der Waals surface area contributed by atoms with Gasteiger partial charge in [0.2, 0.25) is 11.0 Å². The minimum absolute atomic E-state index is 0.159. The third kappa shape index (κ3) is 3.28. The van der Waals surface area contributed by atoms with Gasteiger partial charge in [0.15, 0.2) is 4.96 Å². The van der Waals surface area contributed by atoms with Gasteiger partial charge in [-0.15, -0.1) is 21.5 Å². The van der Waals surface area contributed by atoms with Crippen molar-refractivity contribution in [2.75, 3.05) is 5.32 Å². The number of hydrogen-bond acceptors (Lipinski definition) is 6. The van der Waals surface area contributed by atoms with Crippen LogP contribution in [0.5, 0.6) is 0 Å². The molecule has 1 N–H and O–H groups in total. The molecule has 3 heterocycles. The fourth-order valence-corrected chi connectivity index (χ4v) is 3.87. The number of nitrogens with one attached hydrogen (secondary N) is 1. The van der Waals surface area contributed by atoms with Gasteiger partial charge in [-0.05, 0) is 31.2 Å². The minimum atomic E-state index is -0.283. The number of benzene rings is 1. The number of nitrogens with zero attached hydrogens (tertiary/aromatic N) is 4. The summed E-state index contributed by atoms with van der Waals surface area (Å²) in [5.74, 6) is -0.443. The molecule has 0 aliphatic heterocycles. The molecule has 0 bridgehead atoms. The molecule has 0 spiro atoms. The minimum Gasteiger partial charge on any atom is -0.300 e. The maximum atomic E-state index is 13.1. The van der Waals surface area contributed by atoms with Crippen molar-refractivity contribution in [3.8, 4) is 11.3 Å². The van der Waals surface area contributed by atoms with Gasteiger partial charge in [-0.3, -0.25) is 9.20 Å². The zero-order valence-electron chi connectivity index (χ0n) is 13.1. The second-order valence-electron chi connectivity index (χ2n) is 5.36. The summed E-state index contributed by atoms with van der Waals surface area (Å²) in [5, 5.41) is 13.7. The lowest BCUT2D eigenvalue weighted by atomic mass is 10.2. The van der Waals surface area contributed by atoms with Gasteiger partial charge in [-0.25, -0.2) is 9.37 Å². The highest BCUT2D eigenvalue weighted by Crippen LogP contribution is 2.24. The third-order valence-corrected chi connectivity index (χ3v) is 5.18. The van der Waals surface area contributed by atoms with Gasteiger partial charge in [0.1, 0.15) is 10.8 Å². The standard InChI is InChI=1S/C16H12FN5OS2/c1-9-20-21-15(25-9)19-14(23)6-12-8-24-16-18-13(7-22(12)16)10-2-4-11(17)5-3-10/h2-5,7-8H,6H2,1H3,(H,19,21,23). The van der Waals surface area contributed by atoms with Crippen LogP contribution in [0.3, 0.4) is 0 Å². The lowest BCUT2D eigenvalue weighted by Crippen LogP contribution is -2.15. The summed E-state index contributed by atoms with van der Waals surface area (Å²) in [5.41, 5.74) is 2.41. The number of hydrogen-bond donors (Lipinski definition) is 1. The van der Waals surface area contributed by atoms with E-state index < -0.39 is 0 Å². The molecule has 4 aromatic rings. The number of thiazole rings is 1. The van der Waals surface area contributed by atoms with Crippen molar-refractivity contribution in [2.24, 2.45) is 0 Å². The first kappa shape index (κ1) is 15.9. The molecular formula is C16H12FN5OS2. The van der Waals surface area contributed by atoms with Crippen LogP contribution in [-0.4, -0.2) is 25.5 Å². The smallest absolute Gasteiger partial charge is 0.232 e. The monoisotopic (exact) mass is 373 g/mol. The second kappa shape index (κ2) is 6.34. The predicted molar refractivity (Wildman–Crippen MR) is 95.4 cm³/mol. The van der Waals surface area contributed by atoms with Gasteiger partial charge >= 0.3 is 0 Å². The van der Waals surface area contributed by atoms with Crippen molar-refractivity contribution in [2.45, 2.75) is 13.3 Å². The first-order valence-electron chi connectivity index (χ1n) is 7.40. The Hall–Kier alpha value is -2.65. The first-order valence-corrected chi connectivity index (χ1v) is 9.09. The van der Waals surface area contributed by atoms with Gasteiger partial charge in [0.05, 0.1) is 12.1 Å². The number of carbonyl (C=O) groups excluding carboxylic acids is 1. The average molecular weight is 373 g/mol. The number of anilines is 1. The van der Waals surface area contributed by atoms with Crippen LogP contribution in [0.2, 0.25) is 0 Å². The molecule has 0 saturated heterocycles. The number of halogens is 1. The largest absolute Gasteiger partial charge is 0.300 e. The molecule has 1 amide bonds. The Morgan fingerprint density at radius 1 is 1.28 bits per heavy atom. The van der Waals surface area contributed by atoms with Crippen LogP contribution in [0.4, 0.5) is 9.52 Å². The van der Waals surface area contributed by atoms with E-state index in [0.717, 1.165) is 26.9 Å². The summed E-state index contributed by atoms with van der Waals surface area (Å²) in [4.78, 5) is 17.5. The van der Waals surface area contributed by atoms with E-state index in [0.29, 0.717) is 5.13 Å². The number of amides is 1. The quantitative estimate of drug-likeness (QED) is 0.594. The van der Waals surface area contributed by atoms with E-state index in [1.54, 1.807) is 12.1 Å². The van der Waals surface area contributed by atoms with E-state index >= 15 is 0 Å². The van der Waals surface area contributed by atoms with Crippen molar-refractivity contribution >= 4 is 38.7 Å². The van der Waals surface area contributed by atoms with Gasteiger partial charge in [0.25, 0.3) is 0 Å². The van der Waals surface area contributed by atoms with Crippen molar-refractivity contribution < 1.29 is 9.18 Å². The molecule has 0 aliphatic rings. The number of imidazole rings is 1. The van der Waals surface area contributed by atoms with Crippen LogP contribution in [0.25, 0.3) is 16.2 Å². The number of aryl methyl sites for hydroxylation is 1. The van der Waals surface area contributed by atoms with E-state index in [2.05, 4.69) is 20.5 Å². The Morgan fingerprint density at radius 2 is 2.08 bits per heavy atom. The Bertz CT molecular complexity index is 1050. The molecule has 0 atom stereocenters. The van der Waals surface area contributed by atoms with Gasteiger partial charge in [0, 0.05) is 22.8 Å². The highest BCUT2D eigenvalue weighted by Gasteiger charge is 2.14. The molecule has 0 fully saturated rings. The number of rotatable bonds is 4. The van der Waals surface area contributed by atoms with E-state index in [4.69, 9.17) is 0 Å². The molecule has 4 rings (SSSR count). The average Bonchev–Trinajstić information content (AvgIpc) is 3.26. The van der Waals surface area contributed by atoms with E-state index in [1.165, 1.54) is 34.8 Å². The molecule has 0 unspecified atom stereocenters. The second-order valence-corrected chi connectivity index (χ2v) is 7.38. The Kier molecular flexibility index (Phi) is 4.02. The number of carbonyl (C=O) groups is 1. The lowest BCUT2D eigenvalue weighted by Gasteiger charge is -2.00. The zero-order valence-corrected chi connectivity index (χ0v) is 14.7. The van der Waals surface area contributed by atoms with Crippen LogP contribution >= 0.6 is 22.7 Å². The zero-order chi connectivity index (χ0) is 17.4. The fraction of sp³-hybridized carbons (Fsp3) is 0.125. The Morgan fingerprint density at radius 3 is 2.80 bits per heavy atom. The van der Waals surface area contributed by atoms with Gasteiger partial charge in [-0.2, -0.15) is 0 Å². The van der Waals surface area contributed by atoms with E-state index in [-0.39, 0.29) is 18.1 Å². The summed E-state index contributed by atoms with van der Waals surface area (Å²) in [6.45, 7) is 1.83. The molecule has 0 saturated carbocycles. The molecule has 6 nitrogen and oxygen atoms in total. The lowest BCUT2D eigenvalue weighted by molar-refractivity contribution is -0.115. The fourth-order valence-electron chi connectivity index (χ4n) is 2.39. The Labute approximate surface area is 150 Å². The van der Waals surface area contributed by atoms with Gasteiger partial charge in [-0.1, -0.05) is 11.3 Å². The summed E-state index contributed by atoms with van der Waals surface area (Å²) < 4.78 is 14.9. The molecule has 3 aromatic heterocycles. The van der Waals surface area contributed by atoms with Crippen LogP contribution in [0.15, 0.2) is 35.8 Å². The molecule has 25 heavy (non-hydrogen) atoms. The van der Waals surface area contributed by atoms with Crippen LogP contribution in [-0.2, 0) is 11.2 Å². The predicted octanol–water partition coefficient (Wildman–Crippen LogP) is 3.54. The Balaban J connectivity index is 1.56. The molecule has 9 heteroatoms. The van der Waals surface area contributed by atoms with Crippen molar-refractivity contribution in [3.63, 3.8) is 0 Å². The maximum absolute atomic E-state index is 13.1. The highest BCUT2D eigenvalue weighted by molar-refractivity contribution is 7.15. The van der Waals surface area contributed by atoms with E-state index in [9.17, 15) is 9.18 Å². The van der Waals surface area contributed by atoms with Crippen LogP contribution in [0, 0.1) is 12.7 Å². The number of fused-ring (bicyclic) bond motifs is 1. The molecule has 126 valence electrons. The summed E-state index contributed by atoms with van der Waals surface area (Å²) in [6.07, 6.45) is 2.06. The number of aromatic nitrogens is 4. The van der Waals surface area contributed by atoms with Crippen LogP contribution in [0.1, 0.15) is 10.7 Å². The molecule has 0 radical (unpaired) electrons. The summed E-state index contributed by atoms with van der Waals surface area (Å²) >= 11 is 2.79. The first-order chi connectivity index (χ1) is 12.1. The summed E-state index contributed by atoms with van der Waals surface area (Å²) in [6, 6.07) is 6.18. The maximum Gasteiger partial charge on any atom is 0.232 e. The SMILES string of the molecule is Cc1nnc(NC(=O)Cc2csc3nc(-c4ccc(F)cc4)cn23)s1. The van der Waals surface area contributed by atoms with E-state index in [1.807, 2.05) is 22.9 Å². The third-order valence-electron chi connectivity index (χ3n) is 3.54. The van der Waals surface area contributed by atoms with Gasteiger partial charge < -0.3 is 5.32 Å². The highest BCUT2D eigenvalue weighted by atomic mass is 32.1. The van der Waals surface area contributed by atoms with Crippen LogP contribution < -0.4 is 5.32 Å². The van der Waals surface area contributed by atoms with Crippen molar-refractivity contribution in [1.82, 2.24) is 19.6 Å². The molecule has 0 aliphatic carbocycles. The summed E-state index contributed by atoms with van der Waals surface area (Å²) in [7, 11) is 0. The van der Waals surface area contributed by atoms with Crippen molar-refractivity contribution in [1.29, 1.82) is 0 Å². The normalized spacial score (nSPS) is 11.1. The van der Waals surface area contributed by atoms with Crippen molar-refractivity contribution in [3.05, 3.63) is 52.4 Å². The molecular weight excluding hydrogens is 361 g/mol.